The van der Waals surface area contributed by atoms with Crippen molar-refractivity contribution >= 4 is 11.8 Å². The first-order chi connectivity index (χ1) is 6.60. The lowest BCUT2D eigenvalue weighted by Gasteiger charge is -2.20. The number of rotatable bonds is 5. The van der Waals surface area contributed by atoms with E-state index in [0.29, 0.717) is 5.89 Å². The van der Waals surface area contributed by atoms with Crippen LogP contribution in [0.25, 0.3) is 0 Å². The Kier molecular flexibility index (Phi) is 3.95. The third kappa shape index (κ3) is 2.72. The van der Waals surface area contributed by atoms with E-state index < -0.39 is 0 Å². The lowest BCUT2D eigenvalue weighted by atomic mass is 10.1. The molecule has 1 rings (SSSR count). The number of hydrogen-bond donors (Lipinski definition) is 1. The molecule has 0 amide bonds. The number of nitrogens with zero attached hydrogens (tertiary/aromatic N) is 2. The summed E-state index contributed by atoms with van der Waals surface area (Å²) in [5.41, 5.74) is -0.238. The van der Waals surface area contributed by atoms with Gasteiger partial charge < -0.3 is 9.84 Å². The Morgan fingerprint density at radius 3 is 2.79 bits per heavy atom. The van der Waals surface area contributed by atoms with Crippen LogP contribution in [0, 0.1) is 0 Å². The van der Waals surface area contributed by atoms with Crippen molar-refractivity contribution in [3.63, 3.8) is 0 Å². The molecule has 0 saturated heterocycles. The predicted molar refractivity (Wildman–Crippen MR) is 58.2 cm³/mol. The second kappa shape index (κ2) is 4.79. The van der Waals surface area contributed by atoms with Gasteiger partial charge in [0.05, 0.1) is 11.3 Å². The highest BCUT2D eigenvalue weighted by Gasteiger charge is 2.25. The fraction of sp³-hybridized carbons (Fsp3) is 0.778. The smallest absolute Gasteiger partial charge is 0.246 e. The molecule has 0 atom stereocenters. The summed E-state index contributed by atoms with van der Waals surface area (Å²) in [7, 11) is 0. The number of hydrogen-bond acceptors (Lipinski definition) is 5. The highest BCUT2D eigenvalue weighted by molar-refractivity contribution is 7.97. The van der Waals surface area contributed by atoms with E-state index >= 15 is 0 Å². The van der Waals surface area contributed by atoms with E-state index in [9.17, 15) is 0 Å². The van der Waals surface area contributed by atoms with Crippen LogP contribution in [0.4, 0.5) is 0 Å². The molecular formula is C9H17N3OS. The van der Waals surface area contributed by atoms with Gasteiger partial charge in [0.15, 0.2) is 5.82 Å². The average Bonchev–Trinajstić information content (AvgIpc) is 2.54. The Labute approximate surface area is 88.8 Å². The summed E-state index contributed by atoms with van der Waals surface area (Å²) in [6, 6.07) is 0. The molecule has 1 heterocycles. The van der Waals surface area contributed by atoms with Gasteiger partial charge in [-0.15, -0.1) is 0 Å². The molecule has 0 aromatic carbocycles. The Balaban J connectivity index is 2.74. The molecule has 0 fully saturated rings. The van der Waals surface area contributed by atoms with Crippen molar-refractivity contribution in [2.24, 2.45) is 0 Å². The monoisotopic (exact) mass is 215 g/mol. The number of thioether (sulfide) groups is 1. The first kappa shape index (κ1) is 11.5. The first-order valence-corrected chi connectivity index (χ1v) is 6.06. The Morgan fingerprint density at radius 1 is 1.50 bits per heavy atom. The van der Waals surface area contributed by atoms with Crippen LogP contribution in [0.15, 0.2) is 4.52 Å². The van der Waals surface area contributed by atoms with Crippen molar-refractivity contribution in [3.05, 3.63) is 11.7 Å². The Bertz CT molecular complexity index is 285. The third-order valence-electron chi connectivity index (χ3n) is 1.89. The largest absolute Gasteiger partial charge is 0.337 e. The van der Waals surface area contributed by atoms with E-state index in [4.69, 9.17) is 4.52 Å². The van der Waals surface area contributed by atoms with Crippen molar-refractivity contribution < 1.29 is 4.52 Å². The second-order valence-corrected chi connectivity index (χ2v) is 4.47. The van der Waals surface area contributed by atoms with Gasteiger partial charge in [-0.25, -0.2) is 0 Å². The Morgan fingerprint density at radius 2 is 2.21 bits per heavy atom. The summed E-state index contributed by atoms with van der Waals surface area (Å²) < 4.78 is 5.20. The van der Waals surface area contributed by atoms with E-state index in [1.54, 1.807) is 11.8 Å². The van der Waals surface area contributed by atoms with Gasteiger partial charge in [0.1, 0.15) is 0 Å². The molecule has 5 heteroatoms. The molecule has 14 heavy (non-hydrogen) atoms. The van der Waals surface area contributed by atoms with Crippen LogP contribution in [-0.4, -0.2) is 22.9 Å². The van der Waals surface area contributed by atoms with Crippen LogP contribution in [-0.2, 0) is 11.3 Å². The topological polar surface area (TPSA) is 51.0 Å². The number of nitrogens with one attached hydrogen (secondary N) is 1. The third-order valence-corrected chi connectivity index (χ3v) is 2.44. The zero-order valence-electron chi connectivity index (χ0n) is 9.13. The lowest BCUT2D eigenvalue weighted by Crippen LogP contribution is -2.36. The maximum Gasteiger partial charge on any atom is 0.246 e. The normalized spacial score (nSPS) is 12.0. The minimum Gasteiger partial charge on any atom is -0.337 e. The zero-order chi connectivity index (χ0) is 10.6. The van der Waals surface area contributed by atoms with Gasteiger partial charge in [-0.1, -0.05) is 12.1 Å². The maximum absolute atomic E-state index is 5.20. The molecule has 1 aromatic rings. The summed E-state index contributed by atoms with van der Waals surface area (Å²) in [6.45, 7) is 7.01. The molecule has 0 aliphatic heterocycles. The molecule has 0 saturated carbocycles. The van der Waals surface area contributed by atoms with Crippen LogP contribution >= 0.6 is 11.8 Å². The van der Waals surface area contributed by atoms with E-state index in [1.807, 2.05) is 20.1 Å². The van der Waals surface area contributed by atoms with E-state index in [2.05, 4.69) is 22.4 Å². The van der Waals surface area contributed by atoms with Gasteiger partial charge in [-0.3, -0.25) is 0 Å². The molecule has 0 radical (unpaired) electrons. The summed E-state index contributed by atoms with van der Waals surface area (Å²) in [5, 5.41) is 7.20. The average molecular weight is 215 g/mol. The van der Waals surface area contributed by atoms with Crippen molar-refractivity contribution in [2.75, 3.05) is 12.8 Å². The SMILES string of the molecule is CCNC(C)(C)c1nc(CSC)no1. The van der Waals surface area contributed by atoms with Crippen molar-refractivity contribution in [2.45, 2.75) is 32.1 Å². The summed E-state index contributed by atoms with van der Waals surface area (Å²) >= 11 is 1.69. The van der Waals surface area contributed by atoms with Crippen LogP contribution in [0.1, 0.15) is 32.5 Å². The molecule has 4 nitrogen and oxygen atoms in total. The maximum atomic E-state index is 5.20. The van der Waals surface area contributed by atoms with Crippen molar-refractivity contribution in [3.8, 4) is 0 Å². The fourth-order valence-corrected chi connectivity index (χ4v) is 1.59. The van der Waals surface area contributed by atoms with E-state index in [1.165, 1.54) is 0 Å². The summed E-state index contributed by atoms with van der Waals surface area (Å²) in [6.07, 6.45) is 2.02. The standard InChI is InChI=1S/C9H17N3OS/c1-5-10-9(2,3)8-11-7(6-14-4)12-13-8/h10H,5-6H2,1-4H3. The van der Waals surface area contributed by atoms with Gasteiger partial charge in [0, 0.05) is 0 Å². The number of aromatic nitrogens is 2. The van der Waals surface area contributed by atoms with E-state index in [-0.39, 0.29) is 5.54 Å². The molecule has 0 unspecified atom stereocenters. The molecule has 0 spiro atoms. The summed E-state index contributed by atoms with van der Waals surface area (Å²) in [5.74, 6) is 2.22. The van der Waals surface area contributed by atoms with Gasteiger partial charge in [-0.05, 0) is 26.6 Å². The molecule has 1 N–H and O–H groups in total. The minimum absolute atomic E-state index is 0.238. The first-order valence-electron chi connectivity index (χ1n) is 4.67. The van der Waals surface area contributed by atoms with Gasteiger partial charge in [0.2, 0.25) is 5.89 Å². The minimum atomic E-state index is -0.238. The fourth-order valence-electron chi connectivity index (χ4n) is 1.21. The van der Waals surface area contributed by atoms with Gasteiger partial charge in [0.25, 0.3) is 0 Å². The highest BCUT2D eigenvalue weighted by Crippen LogP contribution is 2.18. The van der Waals surface area contributed by atoms with Gasteiger partial charge in [-0.2, -0.15) is 16.7 Å². The molecule has 0 bridgehead atoms. The van der Waals surface area contributed by atoms with Gasteiger partial charge >= 0.3 is 0 Å². The van der Waals surface area contributed by atoms with Crippen molar-refractivity contribution in [1.82, 2.24) is 15.5 Å². The molecule has 80 valence electrons. The van der Waals surface area contributed by atoms with Crippen LogP contribution in [0.5, 0.6) is 0 Å². The predicted octanol–water partition coefficient (Wildman–Crippen LogP) is 1.78. The molecular weight excluding hydrogens is 198 g/mol. The van der Waals surface area contributed by atoms with Crippen molar-refractivity contribution in [1.29, 1.82) is 0 Å². The molecule has 0 aliphatic carbocycles. The quantitative estimate of drug-likeness (QED) is 0.811. The lowest BCUT2D eigenvalue weighted by molar-refractivity contribution is 0.271. The Hall–Kier alpha value is -0.550. The molecule has 0 aliphatic rings. The second-order valence-electron chi connectivity index (χ2n) is 3.60. The van der Waals surface area contributed by atoms with E-state index in [0.717, 1.165) is 18.1 Å². The van der Waals surface area contributed by atoms with Crippen LogP contribution in [0.2, 0.25) is 0 Å². The molecule has 1 aromatic heterocycles. The summed E-state index contributed by atoms with van der Waals surface area (Å²) in [4.78, 5) is 4.33. The van der Waals surface area contributed by atoms with Crippen LogP contribution < -0.4 is 5.32 Å². The van der Waals surface area contributed by atoms with Crippen LogP contribution in [0.3, 0.4) is 0 Å². The zero-order valence-corrected chi connectivity index (χ0v) is 9.94. The highest BCUT2D eigenvalue weighted by atomic mass is 32.2.